The second kappa shape index (κ2) is 5.89. The highest BCUT2D eigenvalue weighted by Gasteiger charge is 2.33. The fourth-order valence-electron chi connectivity index (χ4n) is 2.38. The fraction of sp³-hybridized carbons (Fsp3) is 0.667. The molecule has 0 spiro atoms. The number of hydrogen-bond donors (Lipinski definition) is 2. The molecule has 1 saturated heterocycles. The summed E-state index contributed by atoms with van der Waals surface area (Å²) < 4.78 is 0. The summed E-state index contributed by atoms with van der Waals surface area (Å²) in [6, 6.07) is -1.02. The van der Waals surface area contributed by atoms with Crippen LogP contribution >= 0.6 is 0 Å². The van der Waals surface area contributed by atoms with E-state index in [9.17, 15) is 14.7 Å². The third-order valence-electron chi connectivity index (χ3n) is 3.38. The first-order chi connectivity index (χ1) is 9.49. The number of H-pyrrole nitrogens is 1. The number of aryl methyl sites for hydroxylation is 1. The number of piperidine rings is 1. The fourth-order valence-corrected chi connectivity index (χ4v) is 2.38. The van der Waals surface area contributed by atoms with Gasteiger partial charge in [-0.3, -0.25) is 5.10 Å². The maximum absolute atomic E-state index is 12.3. The van der Waals surface area contributed by atoms with Gasteiger partial charge >= 0.3 is 12.0 Å². The van der Waals surface area contributed by atoms with Crippen LogP contribution in [0.25, 0.3) is 0 Å². The molecule has 0 bridgehead atoms. The van der Waals surface area contributed by atoms with Crippen LogP contribution in [0.15, 0.2) is 0 Å². The molecule has 1 fully saturated rings. The van der Waals surface area contributed by atoms with Gasteiger partial charge in [0.05, 0.1) is 6.54 Å². The monoisotopic (exact) mass is 281 g/mol. The number of nitrogens with zero attached hydrogens (tertiary/aromatic N) is 4. The minimum Gasteiger partial charge on any atom is -0.480 e. The van der Waals surface area contributed by atoms with Gasteiger partial charge in [0, 0.05) is 13.6 Å². The first-order valence-electron chi connectivity index (χ1n) is 6.61. The van der Waals surface area contributed by atoms with E-state index in [0.29, 0.717) is 24.6 Å². The van der Waals surface area contributed by atoms with E-state index in [-0.39, 0.29) is 12.6 Å². The van der Waals surface area contributed by atoms with Crippen molar-refractivity contribution in [2.75, 3.05) is 13.6 Å². The predicted octanol–water partition coefficient (Wildman–Crippen LogP) is 0.604. The molecular formula is C12H19N5O3. The van der Waals surface area contributed by atoms with E-state index in [0.717, 1.165) is 12.8 Å². The van der Waals surface area contributed by atoms with Crippen LogP contribution < -0.4 is 0 Å². The van der Waals surface area contributed by atoms with Crippen LogP contribution in [-0.4, -0.2) is 61.7 Å². The van der Waals surface area contributed by atoms with Crippen LogP contribution in [-0.2, 0) is 11.3 Å². The number of carboxylic acids is 1. The van der Waals surface area contributed by atoms with E-state index in [1.165, 1.54) is 9.80 Å². The third-order valence-corrected chi connectivity index (χ3v) is 3.38. The Kier molecular flexibility index (Phi) is 4.21. The molecule has 2 rings (SSSR count). The Morgan fingerprint density at radius 3 is 2.85 bits per heavy atom. The number of aromatic nitrogens is 3. The number of carbonyl (C=O) groups is 2. The number of nitrogens with one attached hydrogen (secondary N) is 1. The van der Waals surface area contributed by atoms with E-state index in [1.807, 2.05) is 0 Å². The van der Waals surface area contributed by atoms with Gasteiger partial charge in [0.25, 0.3) is 0 Å². The lowest BCUT2D eigenvalue weighted by Crippen LogP contribution is -2.52. The first kappa shape index (κ1) is 14.3. The van der Waals surface area contributed by atoms with Gasteiger partial charge in [-0.15, -0.1) is 0 Å². The van der Waals surface area contributed by atoms with Crippen molar-refractivity contribution in [3.05, 3.63) is 11.6 Å². The molecule has 2 heterocycles. The van der Waals surface area contributed by atoms with Crippen LogP contribution in [0.4, 0.5) is 4.79 Å². The zero-order valence-corrected chi connectivity index (χ0v) is 11.7. The molecule has 8 heteroatoms. The molecule has 8 nitrogen and oxygen atoms in total. The van der Waals surface area contributed by atoms with Crippen molar-refractivity contribution in [3.63, 3.8) is 0 Å². The zero-order chi connectivity index (χ0) is 14.7. The number of likely N-dealkylation sites (tertiary alicyclic amines) is 1. The summed E-state index contributed by atoms with van der Waals surface area (Å²) in [5, 5.41) is 15.9. The summed E-state index contributed by atoms with van der Waals surface area (Å²) in [5.74, 6) is 0.254. The number of carbonyl (C=O) groups excluding carboxylic acids is 1. The third kappa shape index (κ3) is 3.06. The van der Waals surface area contributed by atoms with Crippen molar-refractivity contribution in [2.45, 2.75) is 38.8 Å². The molecule has 110 valence electrons. The van der Waals surface area contributed by atoms with E-state index < -0.39 is 12.0 Å². The standard InChI is InChI=1S/C12H19N5O3/c1-8-13-10(15-14-8)7-16(2)12(20)17-6-4-3-5-9(17)11(18)19/h9H,3-7H2,1-2H3,(H,18,19)(H,13,14,15). The van der Waals surface area contributed by atoms with Crippen molar-refractivity contribution >= 4 is 12.0 Å². The van der Waals surface area contributed by atoms with Crippen molar-refractivity contribution in [1.82, 2.24) is 25.0 Å². The summed E-state index contributed by atoms with van der Waals surface area (Å²) in [4.78, 5) is 30.6. The minimum atomic E-state index is -0.944. The molecule has 2 N–H and O–H groups in total. The molecule has 20 heavy (non-hydrogen) atoms. The van der Waals surface area contributed by atoms with Crippen molar-refractivity contribution in [3.8, 4) is 0 Å². The number of carboxylic acid groups (broad SMARTS) is 1. The summed E-state index contributed by atoms with van der Waals surface area (Å²) in [5.41, 5.74) is 0. The van der Waals surface area contributed by atoms with Gasteiger partial charge < -0.3 is 14.9 Å². The van der Waals surface area contributed by atoms with Crippen LogP contribution in [0, 0.1) is 6.92 Å². The summed E-state index contributed by atoms with van der Waals surface area (Å²) in [7, 11) is 1.63. The SMILES string of the molecule is Cc1nc(CN(C)C(=O)N2CCCCC2C(=O)O)n[nH]1. The van der Waals surface area contributed by atoms with Crippen LogP contribution in [0.2, 0.25) is 0 Å². The Morgan fingerprint density at radius 1 is 1.50 bits per heavy atom. The van der Waals surface area contributed by atoms with E-state index in [4.69, 9.17) is 0 Å². The number of aromatic amines is 1. The van der Waals surface area contributed by atoms with Gasteiger partial charge in [-0.2, -0.15) is 5.10 Å². The van der Waals surface area contributed by atoms with Crippen LogP contribution in [0.3, 0.4) is 0 Å². The number of hydrogen-bond acceptors (Lipinski definition) is 4. The highest BCUT2D eigenvalue weighted by Crippen LogP contribution is 2.19. The molecule has 1 aliphatic rings. The molecule has 1 atom stereocenters. The summed E-state index contributed by atoms with van der Waals surface area (Å²) >= 11 is 0. The maximum Gasteiger partial charge on any atom is 0.326 e. The van der Waals surface area contributed by atoms with Crippen molar-refractivity contribution in [2.24, 2.45) is 0 Å². The lowest BCUT2D eigenvalue weighted by atomic mass is 10.0. The molecule has 0 aromatic carbocycles. The molecule has 0 aliphatic carbocycles. The van der Waals surface area contributed by atoms with Crippen molar-refractivity contribution in [1.29, 1.82) is 0 Å². The van der Waals surface area contributed by atoms with Gasteiger partial charge in [-0.1, -0.05) is 0 Å². The number of rotatable bonds is 3. The Balaban J connectivity index is 2.02. The Bertz CT molecular complexity index is 501. The van der Waals surface area contributed by atoms with Gasteiger partial charge in [0.1, 0.15) is 11.9 Å². The minimum absolute atomic E-state index is 0.256. The van der Waals surface area contributed by atoms with Gasteiger partial charge in [-0.25, -0.2) is 14.6 Å². The molecular weight excluding hydrogens is 262 g/mol. The average Bonchev–Trinajstić information content (AvgIpc) is 2.83. The van der Waals surface area contributed by atoms with Gasteiger partial charge in [0.2, 0.25) is 0 Å². The normalized spacial score (nSPS) is 18.9. The Hall–Kier alpha value is -2.12. The quantitative estimate of drug-likeness (QED) is 0.844. The summed E-state index contributed by atoms with van der Waals surface area (Å²) in [6.45, 7) is 2.52. The van der Waals surface area contributed by atoms with Gasteiger partial charge in [-0.05, 0) is 26.2 Å². The lowest BCUT2D eigenvalue weighted by molar-refractivity contribution is -0.143. The second-order valence-electron chi connectivity index (χ2n) is 5.02. The highest BCUT2D eigenvalue weighted by atomic mass is 16.4. The second-order valence-corrected chi connectivity index (χ2v) is 5.02. The van der Waals surface area contributed by atoms with E-state index in [2.05, 4.69) is 15.2 Å². The predicted molar refractivity (Wildman–Crippen MR) is 70.0 cm³/mol. The first-order valence-corrected chi connectivity index (χ1v) is 6.61. The van der Waals surface area contributed by atoms with Crippen LogP contribution in [0.5, 0.6) is 0 Å². The lowest BCUT2D eigenvalue weighted by Gasteiger charge is -2.35. The number of aliphatic carboxylic acids is 1. The van der Waals surface area contributed by atoms with E-state index >= 15 is 0 Å². The Morgan fingerprint density at radius 2 is 2.25 bits per heavy atom. The average molecular weight is 281 g/mol. The largest absolute Gasteiger partial charge is 0.480 e. The molecule has 1 aromatic rings. The van der Waals surface area contributed by atoms with Crippen molar-refractivity contribution < 1.29 is 14.7 Å². The number of urea groups is 1. The highest BCUT2D eigenvalue weighted by molar-refractivity contribution is 5.82. The molecule has 2 amide bonds. The molecule has 0 saturated carbocycles. The number of amides is 2. The van der Waals surface area contributed by atoms with Crippen LogP contribution in [0.1, 0.15) is 30.9 Å². The zero-order valence-electron chi connectivity index (χ0n) is 11.7. The molecule has 0 radical (unpaired) electrons. The topological polar surface area (TPSA) is 102 Å². The Labute approximate surface area is 116 Å². The molecule has 1 unspecified atom stereocenters. The van der Waals surface area contributed by atoms with E-state index in [1.54, 1.807) is 14.0 Å². The smallest absolute Gasteiger partial charge is 0.326 e. The molecule has 1 aliphatic heterocycles. The summed E-state index contributed by atoms with van der Waals surface area (Å²) in [6.07, 6.45) is 2.18. The maximum atomic E-state index is 12.3. The molecule has 1 aromatic heterocycles. The van der Waals surface area contributed by atoms with Gasteiger partial charge in [0.15, 0.2) is 5.82 Å².